The summed E-state index contributed by atoms with van der Waals surface area (Å²) >= 11 is 12.2. The van der Waals surface area contributed by atoms with E-state index in [-0.39, 0.29) is 17.9 Å². The number of hydrogen-bond donors (Lipinski definition) is 1. The molecule has 2 amide bonds. The van der Waals surface area contributed by atoms with Gasteiger partial charge in [-0.25, -0.2) is 4.98 Å². The van der Waals surface area contributed by atoms with Crippen molar-refractivity contribution in [1.29, 1.82) is 0 Å². The maximum Gasteiger partial charge on any atom is 0.255 e. The van der Waals surface area contributed by atoms with E-state index in [9.17, 15) is 9.59 Å². The van der Waals surface area contributed by atoms with Crippen LogP contribution in [0.15, 0.2) is 36.5 Å². The van der Waals surface area contributed by atoms with Crippen molar-refractivity contribution >= 4 is 40.8 Å². The van der Waals surface area contributed by atoms with Crippen LogP contribution >= 0.6 is 23.2 Å². The van der Waals surface area contributed by atoms with Gasteiger partial charge in [-0.3, -0.25) is 9.59 Å². The van der Waals surface area contributed by atoms with Crippen LogP contribution in [-0.4, -0.2) is 53.9 Å². The van der Waals surface area contributed by atoms with Crippen LogP contribution in [0.4, 0.5) is 5.82 Å². The highest BCUT2D eigenvalue weighted by atomic mass is 35.5. The van der Waals surface area contributed by atoms with E-state index in [2.05, 4.69) is 29.0 Å². The molecule has 2 heterocycles. The molecule has 1 N–H and O–H groups in total. The number of halogens is 2. The molecule has 8 heteroatoms. The minimum Gasteiger partial charge on any atom is -0.353 e. The van der Waals surface area contributed by atoms with Gasteiger partial charge in [-0.1, -0.05) is 37.0 Å². The Hall–Kier alpha value is -2.31. The highest BCUT2D eigenvalue weighted by Gasteiger charge is 2.24. The molecule has 1 atom stereocenters. The summed E-state index contributed by atoms with van der Waals surface area (Å²) in [5, 5.41) is 3.89. The molecule has 0 saturated carbocycles. The number of pyridine rings is 1. The zero-order chi connectivity index (χ0) is 22.5. The Labute approximate surface area is 193 Å². The van der Waals surface area contributed by atoms with Gasteiger partial charge in [0.05, 0.1) is 16.1 Å². The normalized spacial score (nSPS) is 15.2. The van der Waals surface area contributed by atoms with Gasteiger partial charge in [0.2, 0.25) is 0 Å². The third-order valence-corrected chi connectivity index (χ3v) is 5.83. The second-order valence-electron chi connectivity index (χ2n) is 8.31. The molecule has 0 aliphatic carbocycles. The van der Waals surface area contributed by atoms with Crippen LogP contribution in [0.2, 0.25) is 10.0 Å². The SMILES string of the molecule is CC(C)CC(C)NC(=O)c1ccc(N2CCN(C(=O)c3cc(Cl)ccc3Cl)CC2)nc1. The average molecular weight is 463 g/mol. The largest absolute Gasteiger partial charge is 0.353 e. The zero-order valence-electron chi connectivity index (χ0n) is 18.1. The number of benzene rings is 1. The van der Waals surface area contributed by atoms with Gasteiger partial charge < -0.3 is 15.1 Å². The number of carbonyl (C=O) groups is 2. The molecule has 1 saturated heterocycles. The van der Waals surface area contributed by atoms with Gasteiger partial charge in [-0.2, -0.15) is 0 Å². The van der Waals surface area contributed by atoms with Crippen LogP contribution < -0.4 is 10.2 Å². The quantitative estimate of drug-likeness (QED) is 0.685. The first kappa shape index (κ1) is 23.4. The number of anilines is 1. The van der Waals surface area contributed by atoms with Crippen molar-refractivity contribution in [3.8, 4) is 0 Å². The Bertz CT molecular complexity index is 926. The van der Waals surface area contributed by atoms with Gasteiger partial charge in [0.25, 0.3) is 11.8 Å². The maximum absolute atomic E-state index is 12.8. The summed E-state index contributed by atoms with van der Waals surface area (Å²) in [6.07, 6.45) is 2.54. The molecule has 1 aromatic heterocycles. The summed E-state index contributed by atoms with van der Waals surface area (Å²) in [4.78, 5) is 33.5. The first-order valence-electron chi connectivity index (χ1n) is 10.5. The highest BCUT2D eigenvalue weighted by molar-refractivity contribution is 6.35. The molecular formula is C23H28Cl2N4O2. The molecule has 0 spiro atoms. The minimum absolute atomic E-state index is 0.110. The van der Waals surface area contributed by atoms with Crippen molar-refractivity contribution in [3.63, 3.8) is 0 Å². The summed E-state index contributed by atoms with van der Waals surface area (Å²) in [5.74, 6) is 1.08. The summed E-state index contributed by atoms with van der Waals surface area (Å²) < 4.78 is 0. The predicted octanol–water partition coefficient (Wildman–Crippen LogP) is 4.52. The Morgan fingerprint density at radius 2 is 1.77 bits per heavy atom. The number of nitrogens with zero attached hydrogens (tertiary/aromatic N) is 3. The molecule has 0 bridgehead atoms. The molecular weight excluding hydrogens is 435 g/mol. The molecule has 1 unspecified atom stereocenters. The smallest absolute Gasteiger partial charge is 0.255 e. The summed E-state index contributed by atoms with van der Waals surface area (Å²) in [7, 11) is 0. The number of aromatic nitrogens is 1. The van der Waals surface area contributed by atoms with Crippen molar-refractivity contribution < 1.29 is 9.59 Å². The van der Waals surface area contributed by atoms with Crippen molar-refractivity contribution in [3.05, 3.63) is 57.7 Å². The molecule has 0 radical (unpaired) electrons. The number of piperazine rings is 1. The number of amides is 2. The van der Waals surface area contributed by atoms with Crippen LogP contribution in [0.1, 0.15) is 47.9 Å². The van der Waals surface area contributed by atoms with E-state index in [4.69, 9.17) is 23.2 Å². The molecule has 31 heavy (non-hydrogen) atoms. The highest BCUT2D eigenvalue weighted by Crippen LogP contribution is 2.23. The Morgan fingerprint density at radius 1 is 1.06 bits per heavy atom. The fraction of sp³-hybridized carbons (Fsp3) is 0.435. The van der Waals surface area contributed by atoms with E-state index in [0.29, 0.717) is 53.3 Å². The van der Waals surface area contributed by atoms with Crippen LogP contribution in [-0.2, 0) is 0 Å². The minimum atomic E-state index is -0.123. The topological polar surface area (TPSA) is 65.5 Å². The van der Waals surface area contributed by atoms with Crippen LogP contribution in [0.3, 0.4) is 0 Å². The van der Waals surface area contributed by atoms with Crippen molar-refractivity contribution in [2.45, 2.75) is 33.2 Å². The third kappa shape index (κ3) is 6.11. The summed E-state index contributed by atoms with van der Waals surface area (Å²) in [6, 6.07) is 8.67. The Balaban J connectivity index is 1.56. The molecule has 6 nitrogen and oxygen atoms in total. The van der Waals surface area contributed by atoms with E-state index in [1.807, 2.05) is 13.0 Å². The fourth-order valence-corrected chi connectivity index (χ4v) is 4.12. The van der Waals surface area contributed by atoms with Gasteiger partial charge in [0.1, 0.15) is 5.82 Å². The number of hydrogen-bond acceptors (Lipinski definition) is 4. The second-order valence-corrected chi connectivity index (χ2v) is 9.16. The molecule has 2 aromatic rings. The second kappa shape index (κ2) is 10.3. The number of carbonyl (C=O) groups excluding carboxylic acids is 2. The van der Waals surface area contributed by atoms with E-state index in [0.717, 1.165) is 12.2 Å². The van der Waals surface area contributed by atoms with Gasteiger partial charge in [0, 0.05) is 43.4 Å². The summed E-state index contributed by atoms with van der Waals surface area (Å²) in [6.45, 7) is 8.68. The number of nitrogens with one attached hydrogen (secondary N) is 1. The molecule has 1 fully saturated rings. The van der Waals surface area contributed by atoms with Gasteiger partial charge >= 0.3 is 0 Å². The van der Waals surface area contributed by atoms with Crippen molar-refractivity contribution in [2.24, 2.45) is 5.92 Å². The molecule has 1 aliphatic rings. The molecule has 1 aromatic carbocycles. The predicted molar refractivity (Wildman–Crippen MR) is 125 cm³/mol. The average Bonchev–Trinajstić information content (AvgIpc) is 2.74. The lowest BCUT2D eigenvalue weighted by atomic mass is 10.1. The first-order chi connectivity index (χ1) is 14.7. The van der Waals surface area contributed by atoms with Gasteiger partial charge in [-0.05, 0) is 49.6 Å². The summed E-state index contributed by atoms with van der Waals surface area (Å²) in [5.41, 5.74) is 0.964. The lowest BCUT2D eigenvalue weighted by Crippen LogP contribution is -2.49. The molecule has 1 aliphatic heterocycles. The van der Waals surface area contributed by atoms with E-state index in [1.165, 1.54) is 0 Å². The zero-order valence-corrected chi connectivity index (χ0v) is 19.6. The lowest BCUT2D eigenvalue weighted by Gasteiger charge is -2.35. The Kier molecular flexibility index (Phi) is 7.79. The van der Waals surface area contributed by atoms with Crippen LogP contribution in [0.5, 0.6) is 0 Å². The number of rotatable bonds is 6. The van der Waals surface area contributed by atoms with E-state index >= 15 is 0 Å². The van der Waals surface area contributed by atoms with Gasteiger partial charge in [-0.15, -0.1) is 0 Å². The molecule has 3 rings (SSSR count). The maximum atomic E-state index is 12.8. The Morgan fingerprint density at radius 3 is 2.39 bits per heavy atom. The van der Waals surface area contributed by atoms with Crippen LogP contribution in [0.25, 0.3) is 0 Å². The van der Waals surface area contributed by atoms with Crippen molar-refractivity contribution in [2.75, 3.05) is 31.1 Å². The van der Waals surface area contributed by atoms with Crippen molar-refractivity contribution in [1.82, 2.24) is 15.2 Å². The lowest BCUT2D eigenvalue weighted by molar-refractivity contribution is 0.0746. The van der Waals surface area contributed by atoms with Crippen LogP contribution in [0, 0.1) is 5.92 Å². The van der Waals surface area contributed by atoms with Gasteiger partial charge in [0.15, 0.2) is 0 Å². The fourth-order valence-electron chi connectivity index (χ4n) is 3.75. The monoisotopic (exact) mass is 462 g/mol. The van der Waals surface area contributed by atoms with E-state index in [1.54, 1.807) is 35.4 Å². The first-order valence-corrected chi connectivity index (χ1v) is 11.3. The standard InChI is InChI=1S/C23H28Cl2N4O2/c1-15(2)12-16(3)27-22(30)17-4-7-21(26-14-17)28-8-10-29(11-9-28)23(31)19-13-18(24)5-6-20(19)25/h4-7,13-16H,8-12H2,1-3H3,(H,27,30). The third-order valence-electron chi connectivity index (χ3n) is 5.26. The molecule has 166 valence electrons. The van der Waals surface area contributed by atoms with E-state index < -0.39 is 0 Å².